The summed E-state index contributed by atoms with van der Waals surface area (Å²) in [5.41, 5.74) is 3.08. The van der Waals surface area contributed by atoms with Crippen LogP contribution in [0, 0.1) is 0 Å². The molecule has 0 aliphatic carbocycles. The lowest BCUT2D eigenvalue weighted by molar-refractivity contribution is 0.271. The molecule has 1 aliphatic rings. The molecule has 98 valence electrons. The molecule has 0 amide bonds. The van der Waals surface area contributed by atoms with Crippen LogP contribution in [0.5, 0.6) is 0 Å². The normalized spacial score (nSPS) is 20.4. The number of halogens is 1. The molecule has 1 saturated heterocycles. The molecule has 2 aromatic carbocycles. The molecule has 0 spiro atoms. The standard InChI is InChI=1S/C17H18FN/c18-17(16-7-4-12-19-16)15-10-8-14(9-11-15)13-5-2-1-3-6-13/h1-3,5-6,8-11,16-17,19H,4,7,12H2. The van der Waals surface area contributed by atoms with Gasteiger partial charge in [-0.1, -0.05) is 54.6 Å². The Kier molecular flexibility index (Phi) is 3.60. The van der Waals surface area contributed by atoms with Crippen LogP contribution in [0.4, 0.5) is 4.39 Å². The predicted molar refractivity (Wildman–Crippen MR) is 76.8 cm³/mol. The van der Waals surface area contributed by atoms with Gasteiger partial charge in [-0.3, -0.25) is 0 Å². The first kappa shape index (κ1) is 12.4. The SMILES string of the molecule is FC(c1ccc(-c2ccccc2)cc1)C1CCCN1. The van der Waals surface area contributed by atoms with E-state index in [1.807, 2.05) is 42.5 Å². The van der Waals surface area contributed by atoms with Gasteiger partial charge < -0.3 is 5.32 Å². The fourth-order valence-electron chi connectivity index (χ4n) is 2.68. The first-order chi connectivity index (χ1) is 9.34. The van der Waals surface area contributed by atoms with Crippen molar-refractivity contribution >= 4 is 0 Å². The average molecular weight is 255 g/mol. The zero-order valence-corrected chi connectivity index (χ0v) is 10.9. The minimum Gasteiger partial charge on any atom is -0.311 e. The van der Waals surface area contributed by atoms with Gasteiger partial charge in [-0.05, 0) is 36.1 Å². The highest BCUT2D eigenvalue weighted by Gasteiger charge is 2.25. The third-order valence-corrected chi connectivity index (χ3v) is 3.79. The smallest absolute Gasteiger partial charge is 0.140 e. The second-order valence-electron chi connectivity index (χ2n) is 5.09. The van der Waals surface area contributed by atoms with Crippen molar-refractivity contribution in [1.82, 2.24) is 5.32 Å². The van der Waals surface area contributed by atoms with Crippen molar-refractivity contribution in [2.24, 2.45) is 0 Å². The lowest BCUT2D eigenvalue weighted by Gasteiger charge is -2.16. The number of benzene rings is 2. The Hall–Kier alpha value is -1.67. The molecule has 1 aliphatic heterocycles. The first-order valence-electron chi connectivity index (χ1n) is 6.87. The van der Waals surface area contributed by atoms with Crippen molar-refractivity contribution in [1.29, 1.82) is 0 Å². The molecular weight excluding hydrogens is 237 g/mol. The van der Waals surface area contributed by atoms with Gasteiger partial charge >= 0.3 is 0 Å². The molecule has 1 nitrogen and oxygen atoms in total. The van der Waals surface area contributed by atoms with E-state index in [1.165, 1.54) is 5.56 Å². The third kappa shape index (κ3) is 2.69. The van der Waals surface area contributed by atoms with Gasteiger partial charge in [0.2, 0.25) is 0 Å². The Morgan fingerprint density at radius 2 is 1.63 bits per heavy atom. The third-order valence-electron chi connectivity index (χ3n) is 3.79. The van der Waals surface area contributed by atoms with Crippen LogP contribution in [0.25, 0.3) is 11.1 Å². The van der Waals surface area contributed by atoms with Gasteiger partial charge in [0.1, 0.15) is 6.17 Å². The number of hydrogen-bond donors (Lipinski definition) is 1. The fraction of sp³-hybridized carbons (Fsp3) is 0.294. The number of hydrogen-bond acceptors (Lipinski definition) is 1. The lowest BCUT2D eigenvalue weighted by atomic mass is 9.99. The quantitative estimate of drug-likeness (QED) is 0.870. The molecule has 3 rings (SSSR count). The first-order valence-corrected chi connectivity index (χ1v) is 6.87. The summed E-state index contributed by atoms with van der Waals surface area (Å²) >= 11 is 0. The van der Waals surface area contributed by atoms with Crippen LogP contribution in [0.3, 0.4) is 0 Å². The lowest BCUT2D eigenvalue weighted by Crippen LogP contribution is -2.26. The van der Waals surface area contributed by atoms with Gasteiger partial charge in [0.25, 0.3) is 0 Å². The maximum atomic E-state index is 14.3. The zero-order chi connectivity index (χ0) is 13.1. The molecule has 0 aromatic heterocycles. The number of rotatable bonds is 3. The Labute approximate surface area is 113 Å². The summed E-state index contributed by atoms with van der Waals surface area (Å²) in [6.07, 6.45) is 1.11. The van der Waals surface area contributed by atoms with Crippen LogP contribution in [-0.4, -0.2) is 12.6 Å². The Bertz CT molecular complexity index is 515. The number of alkyl halides is 1. The van der Waals surface area contributed by atoms with E-state index in [-0.39, 0.29) is 6.04 Å². The fourth-order valence-corrected chi connectivity index (χ4v) is 2.68. The molecule has 2 heteroatoms. The predicted octanol–water partition coefficient (Wildman–Crippen LogP) is 4.12. The molecule has 1 heterocycles. The van der Waals surface area contributed by atoms with Crippen molar-refractivity contribution in [3.05, 3.63) is 60.2 Å². The van der Waals surface area contributed by atoms with Crippen LogP contribution in [0.15, 0.2) is 54.6 Å². The Balaban J connectivity index is 1.79. The largest absolute Gasteiger partial charge is 0.311 e. The molecule has 0 saturated carbocycles. The molecule has 2 aromatic rings. The summed E-state index contributed by atoms with van der Waals surface area (Å²) in [4.78, 5) is 0. The Morgan fingerprint density at radius 1 is 0.947 bits per heavy atom. The van der Waals surface area contributed by atoms with E-state index in [0.717, 1.165) is 30.5 Å². The maximum absolute atomic E-state index is 14.3. The highest BCUT2D eigenvalue weighted by atomic mass is 19.1. The second-order valence-corrected chi connectivity index (χ2v) is 5.09. The van der Waals surface area contributed by atoms with Gasteiger partial charge in [0.15, 0.2) is 0 Å². The molecule has 2 atom stereocenters. The van der Waals surface area contributed by atoms with E-state index >= 15 is 0 Å². The van der Waals surface area contributed by atoms with E-state index < -0.39 is 6.17 Å². The van der Waals surface area contributed by atoms with E-state index in [4.69, 9.17) is 0 Å². The molecule has 1 N–H and O–H groups in total. The minimum atomic E-state index is -0.896. The second kappa shape index (κ2) is 5.54. The summed E-state index contributed by atoms with van der Waals surface area (Å²) in [5, 5.41) is 3.23. The average Bonchev–Trinajstić information content (AvgIpc) is 3.02. The molecular formula is C17H18FN. The van der Waals surface area contributed by atoms with E-state index in [2.05, 4.69) is 17.4 Å². The topological polar surface area (TPSA) is 12.0 Å². The van der Waals surface area contributed by atoms with Crippen LogP contribution < -0.4 is 5.32 Å². The van der Waals surface area contributed by atoms with Gasteiger partial charge in [0, 0.05) is 6.04 Å². The molecule has 19 heavy (non-hydrogen) atoms. The van der Waals surface area contributed by atoms with Crippen LogP contribution in [0.2, 0.25) is 0 Å². The summed E-state index contributed by atoms with van der Waals surface area (Å²) in [5.74, 6) is 0. The minimum absolute atomic E-state index is 0.0115. The van der Waals surface area contributed by atoms with Crippen molar-refractivity contribution in [2.75, 3.05) is 6.54 Å². The van der Waals surface area contributed by atoms with Crippen LogP contribution >= 0.6 is 0 Å². The van der Waals surface area contributed by atoms with E-state index in [9.17, 15) is 4.39 Å². The highest BCUT2D eigenvalue weighted by Crippen LogP contribution is 2.28. The van der Waals surface area contributed by atoms with Gasteiger partial charge in [-0.25, -0.2) is 4.39 Å². The van der Waals surface area contributed by atoms with Gasteiger partial charge in [0.05, 0.1) is 0 Å². The summed E-state index contributed by atoms with van der Waals surface area (Å²) < 4.78 is 14.3. The molecule has 0 bridgehead atoms. The number of nitrogens with one attached hydrogen (secondary N) is 1. The van der Waals surface area contributed by atoms with Crippen LogP contribution in [0.1, 0.15) is 24.6 Å². The monoisotopic (exact) mass is 255 g/mol. The van der Waals surface area contributed by atoms with E-state index in [1.54, 1.807) is 0 Å². The molecule has 2 unspecified atom stereocenters. The molecule has 0 radical (unpaired) electrons. The zero-order valence-electron chi connectivity index (χ0n) is 10.9. The van der Waals surface area contributed by atoms with Crippen molar-refractivity contribution < 1.29 is 4.39 Å². The summed E-state index contributed by atoms with van der Waals surface area (Å²) in [7, 11) is 0. The van der Waals surface area contributed by atoms with Gasteiger partial charge in [-0.2, -0.15) is 0 Å². The maximum Gasteiger partial charge on any atom is 0.140 e. The van der Waals surface area contributed by atoms with E-state index in [0.29, 0.717) is 0 Å². The van der Waals surface area contributed by atoms with Crippen LogP contribution in [-0.2, 0) is 0 Å². The summed E-state index contributed by atoms with van der Waals surface area (Å²) in [6.45, 7) is 0.938. The van der Waals surface area contributed by atoms with Crippen molar-refractivity contribution in [3.8, 4) is 11.1 Å². The Morgan fingerprint density at radius 3 is 2.26 bits per heavy atom. The van der Waals surface area contributed by atoms with Gasteiger partial charge in [-0.15, -0.1) is 0 Å². The van der Waals surface area contributed by atoms with Crippen molar-refractivity contribution in [3.63, 3.8) is 0 Å². The summed E-state index contributed by atoms with van der Waals surface area (Å²) in [6, 6.07) is 18.0. The molecule has 1 fully saturated rings. The highest BCUT2D eigenvalue weighted by molar-refractivity contribution is 5.63. The van der Waals surface area contributed by atoms with Crippen molar-refractivity contribution in [2.45, 2.75) is 25.1 Å².